The fourth-order valence-electron chi connectivity index (χ4n) is 4.28. The van der Waals surface area contributed by atoms with Gasteiger partial charge in [-0.2, -0.15) is 0 Å². The van der Waals surface area contributed by atoms with E-state index >= 15 is 0 Å². The van der Waals surface area contributed by atoms with E-state index in [-0.39, 0.29) is 30.2 Å². The van der Waals surface area contributed by atoms with E-state index in [1.54, 1.807) is 12.1 Å². The number of carbonyl (C=O) groups is 5. The zero-order valence-electron chi connectivity index (χ0n) is 21.6. The molecule has 0 spiro atoms. The minimum absolute atomic E-state index is 0.0154. The van der Waals surface area contributed by atoms with Gasteiger partial charge in [0.25, 0.3) is 0 Å². The molecule has 4 amide bonds. The van der Waals surface area contributed by atoms with Crippen molar-refractivity contribution in [3.05, 3.63) is 59.7 Å². The minimum atomic E-state index is -1.62. The third kappa shape index (κ3) is 8.98. The number of phenols is 2. The molecule has 13 heteroatoms. The molecular formula is C27H33N5O8. The number of rotatable bonds is 13. The van der Waals surface area contributed by atoms with Gasteiger partial charge in [-0.1, -0.05) is 24.3 Å². The van der Waals surface area contributed by atoms with Gasteiger partial charge in [-0.25, -0.2) is 4.79 Å². The Kier molecular flexibility index (Phi) is 10.4. The Bertz CT molecular complexity index is 1210. The number of carboxylic acids is 1. The van der Waals surface area contributed by atoms with E-state index in [4.69, 9.17) is 5.73 Å². The number of phenolic OH excluding ortho intramolecular Hbond substituents is 2. The highest BCUT2D eigenvalue weighted by molar-refractivity contribution is 5.95. The van der Waals surface area contributed by atoms with Crippen molar-refractivity contribution in [2.45, 2.75) is 56.3 Å². The molecule has 0 radical (unpaired) electrons. The standard InChI is InChI=1S/C27H33N5O8/c28-23(35)14-22(27(39)40)32-26(38)21(13-16-5-9-18(34)10-6-16)31-25(37)20(12-15-3-7-17(33)8-4-15)30-24(36)19-2-1-11-29-19/h3-10,19-22,29,33-34H,1-2,11-14H2,(H2,28,35)(H,30,36)(H,31,37)(H,32,38)(H,39,40). The number of aromatic hydroxyl groups is 2. The summed E-state index contributed by atoms with van der Waals surface area (Å²) >= 11 is 0. The Labute approximate surface area is 230 Å². The molecule has 2 aromatic carbocycles. The molecular weight excluding hydrogens is 522 g/mol. The molecule has 4 unspecified atom stereocenters. The number of nitrogens with two attached hydrogens (primary N) is 1. The lowest BCUT2D eigenvalue weighted by Crippen LogP contribution is -2.58. The molecule has 1 saturated heterocycles. The number of primary amides is 1. The number of aliphatic carboxylic acids is 1. The minimum Gasteiger partial charge on any atom is -0.508 e. The van der Waals surface area contributed by atoms with E-state index < -0.39 is 54.3 Å². The summed E-state index contributed by atoms with van der Waals surface area (Å²) in [6.07, 6.45) is 0.691. The molecule has 0 saturated carbocycles. The molecule has 1 aliphatic rings. The number of carbonyl (C=O) groups excluding carboxylic acids is 4. The third-order valence-corrected chi connectivity index (χ3v) is 6.41. The van der Waals surface area contributed by atoms with Crippen LogP contribution in [0.5, 0.6) is 11.5 Å². The highest BCUT2D eigenvalue weighted by Gasteiger charge is 2.32. The molecule has 0 aromatic heterocycles. The number of carboxylic acid groups (broad SMARTS) is 1. The van der Waals surface area contributed by atoms with E-state index in [0.29, 0.717) is 24.1 Å². The van der Waals surface area contributed by atoms with Gasteiger partial charge >= 0.3 is 5.97 Å². The Morgan fingerprint density at radius 1 is 0.800 bits per heavy atom. The summed E-state index contributed by atoms with van der Waals surface area (Å²) in [6, 6.07) is 7.39. The second-order valence-electron chi connectivity index (χ2n) is 9.58. The first kappa shape index (κ1) is 29.9. The van der Waals surface area contributed by atoms with Crippen LogP contribution >= 0.6 is 0 Å². The smallest absolute Gasteiger partial charge is 0.326 e. The van der Waals surface area contributed by atoms with Crippen molar-refractivity contribution >= 4 is 29.6 Å². The summed E-state index contributed by atoms with van der Waals surface area (Å²) in [5, 5.41) is 39.2. The number of benzene rings is 2. The Balaban J connectivity index is 1.84. The molecule has 4 atom stereocenters. The van der Waals surface area contributed by atoms with Crippen LogP contribution in [0.4, 0.5) is 0 Å². The fourth-order valence-corrected chi connectivity index (χ4v) is 4.28. The Morgan fingerprint density at radius 2 is 1.27 bits per heavy atom. The largest absolute Gasteiger partial charge is 0.508 e. The first-order chi connectivity index (χ1) is 19.0. The second-order valence-corrected chi connectivity index (χ2v) is 9.58. The zero-order chi connectivity index (χ0) is 29.2. The van der Waals surface area contributed by atoms with E-state index in [2.05, 4.69) is 21.3 Å². The lowest BCUT2D eigenvalue weighted by Gasteiger charge is -2.25. The summed E-state index contributed by atoms with van der Waals surface area (Å²) in [5.41, 5.74) is 6.28. The van der Waals surface area contributed by atoms with Crippen LogP contribution in [-0.2, 0) is 36.8 Å². The fraction of sp³-hybridized carbons (Fsp3) is 0.370. The van der Waals surface area contributed by atoms with Crippen LogP contribution in [0.25, 0.3) is 0 Å². The van der Waals surface area contributed by atoms with Gasteiger partial charge in [0.1, 0.15) is 29.6 Å². The van der Waals surface area contributed by atoms with Crippen LogP contribution in [0.2, 0.25) is 0 Å². The summed E-state index contributed by atoms with van der Waals surface area (Å²) in [7, 11) is 0. The lowest BCUT2D eigenvalue weighted by molar-refractivity contribution is -0.143. The van der Waals surface area contributed by atoms with Gasteiger partial charge in [-0.3, -0.25) is 19.2 Å². The summed E-state index contributed by atoms with van der Waals surface area (Å²) in [5.74, 6) is -4.39. The van der Waals surface area contributed by atoms with E-state index in [1.165, 1.54) is 36.4 Å². The highest BCUT2D eigenvalue weighted by Crippen LogP contribution is 2.14. The second kappa shape index (κ2) is 13.9. The maximum atomic E-state index is 13.5. The number of hydrogen-bond acceptors (Lipinski definition) is 8. The van der Waals surface area contributed by atoms with Crippen molar-refractivity contribution in [2.75, 3.05) is 6.54 Å². The quantitative estimate of drug-likeness (QED) is 0.152. The molecule has 2 aromatic rings. The van der Waals surface area contributed by atoms with E-state index in [9.17, 15) is 39.3 Å². The van der Waals surface area contributed by atoms with Gasteiger partial charge in [-0.15, -0.1) is 0 Å². The molecule has 1 fully saturated rings. The van der Waals surface area contributed by atoms with Gasteiger partial charge in [0.15, 0.2) is 0 Å². The molecule has 1 aliphatic heterocycles. The van der Waals surface area contributed by atoms with Gasteiger partial charge in [0.05, 0.1) is 12.5 Å². The third-order valence-electron chi connectivity index (χ3n) is 6.41. The number of hydrogen-bond donors (Lipinski definition) is 8. The molecule has 13 nitrogen and oxygen atoms in total. The van der Waals surface area contributed by atoms with Crippen molar-refractivity contribution < 1.29 is 39.3 Å². The lowest BCUT2D eigenvalue weighted by atomic mass is 10.0. The van der Waals surface area contributed by atoms with Crippen molar-refractivity contribution in [3.8, 4) is 11.5 Å². The topological polar surface area (TPSA) is 220 Å². The summed E-state index contributed by atoms with van der Waals surface area (Å²) in [4.78, 5) is 62.5. The molecule has 214 valence electrons. The average molecular weight is 556 g/mol. The van der Waals surface area contributed by atoms with Crippen LogP contribution in [0.15, 0.2) is 48.5 Å². The first-order valence-electron chi connectivity index (χ1n) is 12.7. The molecule has 9 N–H and O–H groups in total. The molecule has 1 heterocycles. The maximum Gasteiger partial charge on any atom is 0.326 e. The summed E-state index contributed by atoms with van der Waals surface area (Å²) in [6.45, 7) is 0.665. The van der Waals surface area contributed by atoms with Crippen LogP contribution < -0.4 is 27.0 Å². The molecule has 0 aliphatic carbocycles. The van der Waals surface area contributed by atoms with Gasteiger partial charge in [0, 0.05) is 12.8 Å². The number of nitrogens with one attached hydrogen (secondary N) is 4. The van der Waals surface area contributed by atoms with Crippen molar-refractivity contribution in [2.24, 2.45) is 5.73 Å². The van der Waals surface area contributed by atoms with E-state index in [1.807, 2.05) is 0 Å². The monoisotopic (exact) mass is 555 g/mol. The highest BCUT2D eigenvalue weighted by atomic mass is 16.4. The average Bonchev–Trinajstić information content (AvgIpc) is 3.45. The predicted molar refractivity (Wildman–Crippen MR) is 142 cm³/mol. The molecule has 3 rings (SSSR count). The van der Waals surface area contributed by atoms with Crippen LogP contribution in [0.3, 0.4) is 0 Å². The van der Waals surface area contributed by atoms with Gasteiger partial charge in [0.2, 0.25) is 23.6 Å². The van der Waals surface area contributed by atoms with Crippen molar-refractivity contribution in [1.29, 1.82) is 0 Å². The van der Waals surface area contributed by atoms with Crippen molar-refractivity contribution in [3.63, 3.8) is 0 Å². The Morgan fingerprint density at radius 3 is 1.70 bits per heavy atom. The maximum absolute atomic E-state index is 13.5. The van der Waals surface area contributed by atoms with Crippen LogP contribution in [0, 0.1) is 0 Å². The first-order valence-corrected chi connectivity index (χ1v) is 12.7. The molecule has 40 heavy (non-hydrogen) atoms. The molecule has 0 bridgehead atoms. The number of amides is 4. The normalized spacial score (nSPS) is 16.8. The van der Waals surface area contributed by atoms with E-state index in [0.717, 1.165) is 6.42 Å². The Hall–Kier alpha value is -4.65. The zero-order valence-corrected chi connectivity index (χ0v) is 21.6. The van der Waals surface area contributed by atoms with Gasteiger partial charge < -0.3 is 42.3 Å². The van der Waals surface area contributed by atoms with Crippen LogP contribution in [-0.4, -0.2) is 75.6 Å². The SMILES string of the molecule is NC(=O)CC(NC(=O)C(Cc1ccc(O)cc1)NC(=O)C(Cc1ccc(O)cc1)NC(=O)C1CCCN1)C(=O)O. The predicted octanol–water partition coefficient (Wildman–Crippen LogP) is -0.951. The summed E-state index contributed by atoms with van der Waals surface area (Å²) < 4.78 is 0. The van der Waals surface area contributed by atoms with Gasteiger partial charge in [-0.05, 0) is 54.8 Å². The van der Waals surface area contributed by atoms with Crippen LogP contribution in [0.1, 0.15) is 30.4 Å². The van der Waals surface area contributed by atoms with Crippen molar-refractivity contribution in [1.82, 2.24) is 21.3 Å².